The van der Waals surface area contributed by atoms with E-state index in [1.165, 1.54) is 32.1 Å². The van der Waals surface area contributed by atoms with Crippen molar-refractivity contribution in [2.24, 2.45) is 5.92 Å². The summed E-state index contributed by atoms with van der Waals surface area (Å²) in [5.74, 6) is 0.698. The van der Waals surface area contributed by atoms with Crippen LogP contribution in [-0.4, -0.2) is 30.3 Å². The highest BCUT2D eigenvalue weighted by Gasteiger charge is 2.36. The standard InChI is InChI=1S/C12H20N4O/c1-16-7-9-10(15-12(17)13-9)14-11(16)8-5-3-2-4-6-8/h7-8,10-11,14H,2-6H2,1H3,(H2,13,15,17). The Morgan fingerprint density at radius 1 is 1.29 bits per heavy atom. The summed E-state index contributed by atoms with van der Waals surface area (Å²) in [7, 11) is 2.08. The zero-order valence-corrected chi connectivity index (χ0v) is 10.2. The molecule has 3 rings (SSSR count). The Morgan fingerprint density at radius 3 is 2.82 bits per heavy atom. The molecule has 0 bridgehead atoms. The van der Waals surface area contributed by atoms with Crippen molar-refractivity contribution in [3.63, 3.8) is 0 Å². The van der Waals surface area contributed by atoms with E-state index in [0.29, 0.717) is 12.1 Å². The number of hydrogen-bond acceptors (Lipinski definition) is 3. The summed E-state index contributed by atoms with van der Waals surface area (Å²) in [5, 5.41) is 9.23. The first-order valence-corrected chi connectivity index (χ1v) is 6.51. The summed E-state index contributed by atoms with van der Waals surface area (Å²) in [6.07, 6.45) is 9.01. The maximum atomic E-state index is 11.3. The molecular formula is C12H20N4O. The van der Waals surface area contributed by atoms with Crippen LogP contribution in [0.3, 0.4) is 0 Å². The molecule has 3 N–H and O–H groups in total. The molecule has 1 aliphatic carbocycles. The fraction of sp³-hybridized carbons (Fsp3) is 0.750. The van der Waals surface area contributed by atoms with Crippen LogP contribution in [0.2, 0.25) is 0 Å². The lowest BCUT2D eigenvalue weighted by atomic mass is 9.86. The molecule has 5 nitrogen and oxygen atoms in total. The van der Waals surface area contributed by atoms with Gasteiger partial charge in [-0.15, -0.1) is 0 Å². The number of hydrogen-bond donors (Lipinski definition) is 3. The van der Waals surface area contributed by atoms with Gasteiger partial charge in [0.2, 0.25) is 0 Å². The Labute approximate surface area is 102 Å². The third kappa shape index (κ3) is 1.99. The Hall–Kier alpha value is -1.23. The quantitative estimate of drug-likeness (QED) is 0.634. The second kappa shape index (κ2) is 4.22. The van der Waals surface area contributed by atoms with Crippen molar-refractivity contribution >= 4 is 6.03 Å². The van der Waals surface area contributed by atoms with Crippen LogP contribution in [0.15, 0.2) is 11.9 Å². The van der Waals surface area contributed by atoms with E-state index in [0.717, 1.165) is 5.70 Å². The monoisotopic (exact) mass is 236 g/mol. The predicted octanol–water partition coefficient (Wildman–Crippen LogP) is 0.908. The highest BCUT2D eigenvalue weighted by atomic mass is 16.2. The van der Waals surface area contributed by atoms with E-state index >= 15 is 0 Å². The van der Waals surface area contributed by atoms with E-state index in [1.807, 2.05) is 0 Å². The van der Waals surface area contributed by atoms with Gasteiger partial charge in [-0.25, -0.2) is 4.79 Å². The van der Waals surface area contributed by atoms with E-state index in [-0.39, 0.29) is 12.2 Å². The van der Waals surface area contributed by atoms with Gasteiger partial charge in [0.15, 0.2) is 0 Å². The molecule has 5 heteroatoms. The second-order valence-corrected chi connectivity index (χ2v) is 5.29. The minimum atomic E-state index is -0.105. The van der Waals surface area contributed by atoms with Crippen molar-refractivity contribution in [2.75, 3.05) is 7.05 Å². The molecule has 2 fully saturated rings. The molecule has 0 radical (unpaired) electrons. The van der Waals surface area contributed by atoms with Crippen molar-refractivity contribution in [3.8, 4) is 0 Å². The van der Waals surface area contributed by atoms with Crippen molar-refractivity contribution < 1.29 is 4.79 Å². The average molecular weight is 236 g/mol. The molecule has 2 unspecified atom stereocenters. The predicted molar refractivity (Wildman–Crippen MR) is 64.8 cm³/mol. The topological polar surface area (TPSA) is 56.4 Å². The van der Waals surface area contributed by atoms with Gasteiger partial charge >= 0.3 is 6.03 Å². The molecule has 0 aromatic rings. The smallest absolute Gasteiger partial charge is 0.320 e. The molecule has 2 atom stereocenters. The maximum Gasteiger partial charge on any atom is 0.320 e. The number of nitrogens with zero attached hydrogens (tertiary/aromatic N) is 1. The van der Waals surface area contributed by atoms with E-state index in [1.54, 1.807) is 0 Å². The molecule has 3 aliphatic rings. The van der Waals surface area contributed by atoms with Crippen molar-refractivity contribution in [3.05, 3.63) is 11.9 Å². The molecule has 0 spiro atoms. The van der Waals surface area contributed by atoms with Gasteiger partial charge in [-0.1, -0.05) is 19.3 Å². The fourth-order valence-electron chi connectivity index (χ4n) is 3.19. The van der Waals surface area contributed by atoms with Gasteiger partial charge in [0.05, 0.1) is 11.9 Å². The third-order valence-electron chi connectivity index (χ3n) is 4.06. The van der Waals surface area contributed by atoms with Crippen LogP contribution >= 0.6 is 0 Å². The lowest BCUT2D eigenvalue weighted by molar-refractivity contribution is 0.129. The Kier molecular flexibility index (Phi) is 2.70. The number of rotatable bonds is 1. The van der Waals surface area contributed by atoms with Gasteiger partial charge in [0.25, 0.3) is 0 Å². The molecule has 2 amide bonds. The summed E-state index contributed by atoms with van der Waals surface area (Å²) >= 11 is 0. The van der Waals surface area contributed by atoms with Gasteiger partial charge in [-0.2, -0.15) is 0 Å². The lowest BCUT2D eigenvalue weighted by Crippen LogP contribution is -2.57. The lowest BCUT2D eigenvalue weighted by Gasteiger charge is -2.41. The van der Waals surface area contributed by atoms with E-state index in [4.69, 9.17) is 0 Å². The molecule has 2 aliphatic heterocycles. The van der Waals surface area contributed by atoms with Crippen LogP contribution in [0.5, 0.6) is 0 Å². The molecule has 17 heavy (non-hydrogen) atoms. The summed E-state index contributed by atoms with van der Waals surface area (Å²) in [5.41, 5.74) is 0.935. The number of nitrogens with one attached hydrogen (secondary N) is 3. The summed E-state index contributed by atoms with van der Waals surface area (Å²) in [4.78, 5) is 13.5. The number of carbonyl (C=O) groups excluding carboxylic acids is 1. The van der Waals surface area contributed by atoms with Crippen molar-refractivity contribution in [1.82, 2.24) is 20.9 Å². The minimum Gasteiger partial charge on any atom is -0.363 e. The number of carbonyl (C=O) groups is 1. The molecular weight excluding hydrogens is 216 g/mol. The van der Waals surface area contributed by atoms with E-state index in [9.17, 15) is 4.79 Å². The number of fused-ring (bicyclic) bond motifs is 1. The van der Waals surface area contributed by atoms with Gasteiger partial charge in [-0.05, 0) is 18.8 Å². The van der Waals surface area contributed by atoms with Crippen LogP contribution < -0.4 is 16.0 Å². The first-order chi connectivity index (χ1) is 8.24. The van der Waals surface area contributed by atoms with E-state index < -0.39 is 0 Å². The molecule has 2 heterocycles. The van der Waals surface area contributed by atoms with Gasteiger partial charge < -0.3 is 15.5 Å². The molecule has 0 aromatic heterocycles. The molecule has 0 aromatic carbocycles. The highest BCUT2D eigenvalue weighted by molar-refractivity contribution is 5.80. The average Bonchev–Trinajstić information content (AvgIpc) is 2.68. The first kappa shape index (κ1) is 10.9. The normalized spacial score (nSPS) is 33.8. The number of urea groups is 1. The van der Waals surface area contributed by atoms with Crippen LogP contribution in [0.4, 0.5) is 4.79 Å². The number of amides is 2. The largest absolute Gasteiger partial charge is 0.363 e. The van der Waals surface area contributed by atoms with Crippen LogP contribution in [0.1, 0.15) is 32.1 Å². The van der Waals surface area contributed by atoms with Gasteiger partial charge in [0.1, 0.15) is 6.17 Å². The first-order valence-electron chi connectivity index (χ1n) is 6.51. The zero-order chi connectivity index (χ0) is 11.8. The minimum absolute atomic E-state index is 0.0226. The molecule has 1 saturated heterocycles. The van der Waals surface area contributed by atoms with Crippen LogP contribution in [-0.2, 0) is 0 Å². The zero-order valence-electron chi connectivity index (χ0n) is 10.2. The van der Waals surface area contributed by atoms with Gasteiger partial charge in [0, 0.05) is 13.2 Å². The van der Waals surface area contributed by atoms with Crippen molar-refractivity contribution in [1.29, 1.82) is 0 Å². The summed E-state index contributed by atoms with van der Waals surface area (Å²) in [6.45, 7) is 0. The fourth-order valence-corrected chi connectivity index (χ4v) is 3.19. The Morgan fingerprint density at radius 2 is 2.06 bits per heavy atom. The second-order valence-electron chi connectivity index (χ2n) is 5.29. The molecule has 94 valence electrons. The summed E-state index contributed by atoms with van der Waals surface area (Å²) in [6, 6.07) is -0.105. The van der Waals surface area contributed by atoms with E-state index in [2.05, 4.69) is 34.1 Å². The SMILES string of the molecule is CN1C=C2NC(=O)NC2NC1C1CCCCC1. The van der Waals surface area contributed by atoms with Crippen molar-refractivity contribution in [2.45, 2.75) is 44.4 Å². The van der Waals surface area contributed by atoms with Crippen LogP contribution in [0.25, 0.3) is 0 Å². The van der Waals surface area contributed by atoms with Gasteiger partial charge in [-0.3, -0.25) is 5.32 Å². The highest BCUT2D eigenvalue weighted by Crippen LogP contribution is 2.29. The summed E-state index contributed by atoms with van der Waals surface area (Å²) < 4.78 is 0. The molecule has 1 saturated carbocycles. The maximum absolute atomic E-state index is 11.3. The Bertz CT molecular complexity index is 348. The third-order valence-corrected chi connectivity index (χ3v) is 4.06. The Balaban J connectivity index is 1.73. The van der Waals surface area contributed by atoms with Crippen LogP contribution in [0, 0.1) is 5.92 Å².